The van der Waals surface area contributed by atoms with Gasteiger partial charge in [-0.2, -0.15) is 0 Å². The van der Waals surface area contributed by atoms with Gasteiger partial charge >= 0.3 is 0 Å². The van der Waals surface area contributed by atoms with E-state index in [1.807, 2.05) is 6.20 Å². The molecule has 2 aromatic rings. The molecule has 0 aliphatic heterocycles. The highest BCUT2D eigenvalue weighted by Gasteiger charge is 1.99. The van der Waals surface area contributed by atoms with Crippen LogP contribution in [0.5, 0.6) is 0 Å². The van der Waals surface area contributed by atoms with Crippen LogP contribution in [0.2, 0.25) is 0 Å². The van der Waals surface area contributed by atoms with Crippen molar-refractivity contribution in [1.29, 1.82) is 0 Å². The third-order valence-corrected chi connectivity index (χ3v) is 1.79. The largest absolute Gasteiger partial charge is 0.343 e. The van der Waals surface area contributed by atoms with Crippen LogP contribution >= 0.6 is 0 Å². The number of aromatic amines is 1. The molecule has 0 fully saturated rings. The molecule has 0 saturated carbocycles. The molecule has 2 rings (SSSR count). The van der Waals surface area contributed by atoms with Crippen LogP contribution in [0.25, 0.3) is 11.0 Å². The number of fused-ring (bicyclic) bond motifs is 1. The number of rotatable bonds is 1. The van der Waals surface area contributed by atoms with Crippen LogP contribution in [-0.4, -0.2) is 15.0 Å². The molecule has 3 heteroatoms. The summed E-state index contributed by atoms with van der Waals surface area (Å²) < 4.78 is 0. The van der Waals surface area contributed by atoms with Gasteiger partial charge in [0.05, 0.1) is 23.6 Å². The molecular formula is C8H9N3. The second-order valence-corrected chi connectivity index (χ2v) is 2.45. The average molecular weight is 147 g/mol. The fraction of sp³-hybridized carbons (Fsp3) is 0.250. The first-order valence-electron chi connectivity index (χ1n) is 3.67. The minimum atomic E-state index is 0.981. The summed E-state index contributed by atoms with van der Waals surface area (Å²) in [5.41, 5.74) is 3.26. The molecule has 0 saturated heterocycles. The Morgan fingerprint density at radius 1 is 1.45 bits per heavy atom. The zero-order chi connectivity index (χ0) is 7.68. The zero-order valence-corrected chi connectivity index (χ0v) is 6.33. The second-order valence-electron chi connectivity index (χ2n) is 2.45. The molecule has 11 heavy (non-hydrogen) atoms. The molecule has 0 radical (unpaired) electrons. The predicted octanol–water partition coefficient (Wildman–Crippen LogP) is 1.52. The minimum Gasteiger partial charge on any atom is -0.343 e. The number of nitrogens with zero attached hydrogens (tertiary/aromatic N) is 2. The Morgan fingerprint density at radius 3 is 3.18 bits per heavy atom. The number of hydrogen-bond donors (Lipinski definition) is 1. The number of pyridine rings is 1. The molecule has 0 amide bonds. The Morgan fingerprint density at radius 2 is 2.36 bits per heavy atom. The van der Waals surface area contributed by atoms with Crippen molar-refractivity contribution in [3.05, 3.63) is 24.3 Å². The number of aryl methyl sites for hydroxylation is 1. The Balaban J connectivity index is 2.79. The van der Waals surface area contributed by atoms with Crippen LogP contribution in [0.1, 0.15) is 12.5 Å². The lowest BCUT2D eigenvalue weighted by molar-refractivity contribution is 1.12. The van der Waals surface area contributed by atoms with Gasteiger partial charge in [-0.15, -0.1) is 0 Å². The third kappa shape index (κ3) is 0.888. The van der Waals surface area contributed by atoms with Crippen molar-refractivity contribution < 1.29 is 0 Å². The van der Waals surface area contributed by atoms with Crippen LogP contribution in [0.4, 0.5) is 0 Å². The highest BCUT2D eigenvalue weighted by molar-refractivity contribution is 5.76. The minimum absolute atomic E-state index is 0.981. The van der Waals surface area contributed by atoms with Crippen LogP contribution < -0.4 is 0 Å². The van der Waals surface area contributed by atoms with Crippen LogP contribution in [0.3, 0.4) is 0 Å². The predicted molar refractivity (Wildman–Crippen MR) is 43.3 cm³/mol. The van der Waals surface area contributed by atoms with Gasteiger partial charge in [0, 0.05) is 6.20 Å². The van der Waals surface area contributed by atoms with Crippen LogP contribution in [-0.2, 0) is 6.42 Å². The number of nitrogens with one attached hydrogen (secondary N) is 1. The van der Waals surface area contributed by atoms with E-state index in [9.17, 15) is 0 Å². The molecule has 0 unspecified atom stereocenters. The van der Waals surface area contributed by atoms with Gasteiger partial charge in [0.2, 0.25) is 0 Å². The van der Waals surface area contributed by atoms with Crippen molar-refractivity contribution in [2.75, 3.05) is 0 Å². The molecule has 56 valence electrons. The normalized spacial score (nSPS) is 10.6. The van der Waals surface area contributed by atoms with Crippen LogP contribution in [0.15, 0.2) is 18.7 Å². The van der Waals surface area contributed by atoms with E-state index in [0.29, 0.717) is 0 Å². The van der Waals surface area contributed by atoms with Crippen molar-refractivity contribution in [2.24, 2.45) is 0 Å². The molecule has 1 N–H and O–H groups in total. The van der Waals surface area contributed by atoms with E-state index in [-0.39, 0.29) is 0 Å². The van der Waals surface area contributed by atoms with Crippen molar-refractivity contribution in [3.63, 3.8) is 0 Å². The molecule has 3 nitrogen and oxygen atoms in total. The summed E-state index contributed by atoms with van der Waals surface area (Å²) in [5, 5.41) is 0. The number of hydrogen-bond acceptors (Lipinski definition) is 2. The first-order valence-corrected chi connectivity index (χ1v) is 3.67. The maximum atomic E-state index is 4.19. The standard InChI is InChI=1S/C8H9N3/c1-2-6-3-9-4-7-8(6)11-5-10-7/h3-5H,2H2,1H3,(H,10,11). The maximum Gasteiger partial charge on any atom is 0.0945 e. The summed E-state index contributed by atoms with van der Waals surface area (Å²) in [6, 6.07) is 0. The molecular weight excluding hydrogens is 138 g/mol. The number of imidazole rings is 1. The van der Waals surface area contributed by atoms with Crippen LogP contribution in [0, 0.1) is 0 Å². The molecule has 2 heterocycles. The van der Waals surface area contributed by atoms with Crippen molar-refractivity contribution in [3.8, 4) is 0 Å². The van der Waals surface area contributed by atoms with Crippen molar-refractivity contribution in [1.82, 2.24) is 15.0 Å². The van der Waals surface area contributed by atoms with E-state index in [1.54, 1.807) is 12.5 Å². The van der Waals surface area contributed by atoms with E-state index >= 15 is 0 Å². The Bertz CT molecular complexity index is 364. The Kier molecular flexibility index (Phi) is 1.35. The Labute approximate surface area is 64.5 Å². The van der Waals surface area contributed by atoms with Gasteiger partial charge in [-0.05, 0) is 12.0 Å². The number of H-pyrrole nitrogens is 1. The SMILES string of the molecule is CCc1cncc2[nH]cnc12. The average Bonchev–Trinajstić information content (AvgIpc) is 2.50. The monoisotopic (exact) mass is 147 g/mol. The molecule has 0 aliphatic rings. The highest BCUT2D eigenvalue weighted by atomic mass is 14.9. The maximum absolute atomic E-state index is 4.19. The van der Waals surface area contributed by atoms with Gasteiger partial charge in [-0.25, -0.2) is 4.98 Å². The molecule has 0 spiro atoms. The lowest BCUT2D eigenvalue weighted by Crippen LogP contribution is -1.84. The molecule has 0 atom stereocenters. The summed E-state index contributed by atoms with van der Waals surface area (Å²) in [4.78, 5) is 11.3. The van der Waals surface area contributed by atoms with Gasteiger partial charge in [-0.3, -0.25) is 4.98 Å². The number of aromatic nitrogens is 3. The first-order chi connectivity index (χ1) is 5.42. The highest BCUT2D eigenvalue weighted by Crippen LogP contribution is 2.12. The first kappa shape index (κ1) is 6.34. The van der Waals surface area contributed by atoms with E-state index in [1.165, 1.54) is 5.56 Å². The van der Waals surface area contributed by atoms with E-state index < -0.39 is 0 Å². The van der Waals surface area contributed by atoms with Gasteiger partial charge in [-0.1, -0.05) is 6.92 Å². The lowest BCUT2D eigenvalue weighted by atomic mass is 10.2. The van der Waals surface area contributed by atoms with Gasteiger partial charge in [0.15, 0.2) is 0 Å². The lowest BCUT2D eigenvalue weighted by Gasteiger charge is -1.94. The summed E-state index contributed by atoms with van der Waals surface area (Å²) in [7, 11) is 0. The fourth-order valence-corrected chi connectivity index (χ4v) is 1.18. The van der Waals surface area contributed by atoms with Gasteiger partial charge in [0.1, 0.15) is 0 Å². The summed E-state index contributed by atoms with van der Waals surface area (Å²) in [5.74, 6) is 0. The van der Waals surface area contributed by atoms with E-state index in [2.05, 4.69) is 21.9 Å². The zero-order valence-electron chi connectivity index (χ0n) is 6.33. The summed E-state index contributed by atoms with van der Waals surface area (Å²) in [6.45, 7) is 2.10. The quantitative estimate of drug-likeness (QED) is 0.664. The Hall–Kier alpha value is -1.38. The van der Waals surface area contributed by atoms with E-state index in [0.717, 1.165) is 17.5 Å². The third-order valence-electron chi connectivity index (χ3n) is 1.79. The van der Waals surface area contributed by atoms with Crippen molar-refractivity contribution >= 4 is 11.0 Å². The molecule has 0 bridgehead atoms. The summed E-state index contributed by atoms with van der Waals surface area (Å²) >= 11 is 0. The smallest absolute Gasteiger partial charge is 0.0945 e. The fourth-order valence-electron chi connectivity index (χ4n) is 1.18. The summed E-state index contributed by atoms with van der Waals surface area (Å²) in [6.07, 6.45) is 6.34. The molecule has 0 aliphatic carbocycles. The second kappa shape index (κ2) is 2.34. The van der Waals surface area contributed by atoms with Crippen molar-refractivity contribution in [2.45, 2.75) is 13.3 Å². The van der Waals surface area contributed by atoms with Gasteiger partial charge < -0.3 is 4.98 Å². The molecule has 2 aromatic heterocycles. The molecule has 0 aromatic carbocycles. The van der Waals surface area contributed by atoms with E-state index in [4.69, 9.17) is 0 Å². The van der Waals surface area contributed by atoms with Gasteiger partial charge in [0.25, 0.3) is 0 Å². The topological polar surface area (TPSA) is 41.6 Å².